The molecule has 3 aromatic carbocycles. The number of fused-ring (bicyclic) bond motifs is 5. The van der Waals surface area contributed by atoms with Crippen molar-refractivity contribution < 1.29 is 0 Å². The molecule has 4 rings (SSSR count). The molecule has 0 aliphatic heterocycles. The molecule has 1 radical (unpaired) electrons. The average Bonchev–Trinajstić information content (AvgIpc) is 2.77. The highest BCUT2D eigenvalue weighted by Crippen LogP contribution is 2.37. The molecule has 0 unspecified atom stereocenters. The molecule has 79 valence electrons. The molecule has 1 heterocycles. The largest absolute Gasteiger partial charge is 0.135 e. The normalized spacial score (nSPS) is 11.5. The summed E-state index contributed by atoms with van der Waals surface area (Å²) in [5.41, 5.74) is 0. The zero-order chi connectivity index (χ0) is 11.2. The van der Waals surface area contributed by atoms with Gasteiger partial charge in [0, 0.05) is 20.2 Å². The Morgan fingerprint density at radius 2 is 1.65 bits per heavy atom. The lowest BCUT2D eigenvalue weighted by molar-refractivity contribution is 1.80. The first-order valence-corrected chi connectivity index (χ1v) is 6.46. The summed E-state index contributed by atoms with van der Waals surface area (Å²) in [4.78, 5) is 0. The molecular formula is C16H9S. The standard InChI is InChI=1S/C16H9S/c1-2-6-12-11(5-1)9-10-15-16(12)13-7-3-4-8-14(13)17-15/h1-4,6-10H. The maximum Gasteiger partial charge on any atom is 0.0361 e. The highest BCUT2D eigenvalue weighted by Gasteiger charge is 2.07. The lowest BCUT2D eigenvalue weighted by Crippen LogP contribution is -1.73. The summed E-state index contributed by atoms with van der Waals surface area (Å²) in [5.74, 6) is 0. The zero-order valence-corrected chi connectivity index (χ0v) is 9.92. The third kappa shape index (κ3) is 1.23. The van der Waals surface area contributed by atoms with Crippen LogP contribution in [0.3, 0.4) is 0 Å². The third-order valence-corrected chi connectivity index (χ3v) is 4.32. The van der Waals surface area contributed by atoms with Gasteiger partial charge in [0.05, 0.1) is 0 Å². The number of benzene rings is 3. The van der Waals surface area contributed by atoms with E-state index < -0.39 is 0 Å². The van der Waals surface area contributed by atoms with Gasteiger partial charge in [-0.3, -0.25) is 0 Å². The van der Waals surface area contributed by atoms with Crippen molar-refractivity contribution in [1.82, 2.24) is 0 Å². The van der Waals surface area contributed by atoms with Gasteiger partial charge in [-0.05, 0) is 29.0 Å². The second-order valence-electron chi connectivity index (χ2n) is 4.17. The van der Waals surface area contributed by atoms with Gasteiger partial charge in [-0.25, -0.2) is 0 Å². The van der Waals surface area contributed by atoms with Crippen molar-refractivity contribution in [3.63, 3.8) is 0 Å². The average molecular weight is 233 g/mol. The summed E-state index contributed by atoms with van der Waals surface area (Å²) in [7, 11) is 0. The number of hydrogen-bond acceptors (Lipinski definition) is 1. The topological polar surface area (TPSA) is 0 Å². The first-order chi connectivity index (χ1) is 8.43. The highest BCUT2D eigenvalue weighted by atomic mass is 32.1. The summed E-state index contributed by atoms with van der Waals surface area (Å²) in [6.07, 6.45) is 0. The molecule has 0 spiro atoms. The van der Waals surface area contributed by atoms with Crippen molar-refractivity contribution in [1.29, 1.82) is 0 Å². The Kier molecular flexibility index (Phi) is 1.79. The van der Waals surface area contributed by atoms with Crippen LogP contribution in [0.4, 0.5) is 0 Å². The molecule has 0 N–H and O–H groups in total. The van der Waals surface area contributed by atoms with Crippen molar-refractivity contribution in [2.75, 3.05) is 0 Å². The minimum absolute atomic E-state index is 1.20. The van der Waals surface area contributed by atoms with Crippen LogP contribution < -0.4 is 0 Å². The van der Waals surface area contributed by atoms with Crippen molar-refractivity contribution in [3.05, 3.63) is 60.7 Å². The molecule has 0 atom stereocenters. The first-order valence-electron chi connectivity index (χ1n) is 5.64. The minimum Gasteiger partial charge on any atom is -0.135 e. The van der Waals surface area contributed by atoms with Gasteiger partial charge in [-0.15, -0.1) is 11.3 Å². The van der Waals surface area contributed by atoms with E-state index in [2.05, 4.69) is 54.6 Å². The van der Waals surface area contributed by atoms with Crippen LogP contribution in [-0.2, 0) is 0 Å². The van der Waals surface area contributed by atoms with Gasteiger partial charge in [-0.1, -0.05) is 42.5 Å². The molecule has 0 amide bonds. The Labute approximate surface area is 103 Å². The third-order valence-electron chi connectivity index (χ3n) is 3.18. The fourth-order valence-corrected chi connectivity index (χ4v) is 3.55. The van der Waals surface area contributed by atoms with E-state index in [0.717, 1.165) is 0 Å². The molecule has 0 bridgehead atoms. The fourth-order valence-electron chi connectivity index (χ4n) is 2.42. The zero-order valence-electron chi connectivity index (χ0n) is 9.10. The summed E-state index contributed by atoms with van der Waals surface area (Å²) in [5, 5.41) is 5.24. The van der Waals surface area contributed by atoms with Gasteiger partial charge in [0.2, 0.25) is 0 Å². The van der Waals surface area contributed by atoms with Crippen molar-refractivity contribution in [2.45, 2.75) is 0 Å². The smallest absolute Gasteiger partial charge is 0.0361 e. The fraction of sp³-hybridized carbons (Fsp3) is 0. The molecule has 1 aromatic heterocycles. The molecule has 0 fully saturated rings. The van der Waals surface area contributed by atoms with E-state index in [1.165, 1.54) is 30.9 Å². The first kappa shape index (κ1) is 9.20. The van der Waals surface area contributed by atoms with E-state index >= 15 is 0 Å². The molecule has 17 heavy (non-hydrogen) atoms. The summed E-state index contributed by atoms with van der Waals surface area (Å²) in [6.45, 7) is 0. The van der Waals surface area contributed by atoms with Gasteiger partial charge >= 0.3 is 0 Å². The Hall–Kier alpha value is -1.86. The van der Waals surface area contributed by atoms with E-state index in [4.69, 9.17) is 0 Å². The van der Waals surface area contributed by atoms with E-state index in [0.29, 0.717) is 0 Å². The number of thiophene rings is 1. The predicted molar refractivity (Wildman–Crippen MR) is 75.7 cm³/mol. The van der Waals surface area contributed by atoms with Gasteiger partial charge in [0.15, 0.2) is 0 Å². The molecular weight excluding hydrogens is 224 g/mol. The van der Waals surface area contributed by atoms with Gasteiger partial charge < -0.3 is 0 Å². The number of rotatable bonds is 0. The molecule has 4 aromatic rings. The van der Waals surface area contributed by atoms with Crippen molar-refractivity contribution in [2.24, 2.45) is 0 Å². The highest BCUT2D eigenvalue weighted by molar-refractivity contribution is 7.26. The summed E-state index contributed by atoms with van der Waals surface area (Å²) in [6, 6.07) is 22.5. The van der Waals surface area contributed by atoms with Crippen LogP contribution in [-0.4, -0.2) is 0 Å². The number of hydrogen-bond donors (Lipinski definition) is 0. The van der Waals surface area contributed by atoms with Gasteiger partial charge in [-0.2, -0.15) is 0 Å². The SMILES string of the molecule is [c]1cccc2c1ccc1sc3ccccc3c12. The Morgan fingerprint density at radius 3 is 2.65 bits per heavy atom. The van der Waals surface area contributed by atoms with E-state index in [-0.39, 0.29) is 0 Å². The molecule has 0 saturated heterocycles. The predicted octanol–water partition coefficient (Wildman–Crippen LogP) is 5.01. The van der Waals surface area contributed by atoms with E-state index in [1.54, 1.807) is 0 Å². The molecule has 0 aliphatic carbocycles. The van der Waals surface area contributed by atoms with Crippen LogP contribution in [0, 0.1) is 6.07 Å². The van der Waals surface area contributed by atoms with Crippen LogP contribution in [0.5, 0.6) is 0 Å². The quantitative estimate of drug-likeness (QED) is 0.400. The van der Waals surface area contributed by atoms with E-state index in [1.807, 2.05) is 17.4 Å². The van der Waals surface area contributed by atoms with Crippen molar-refractivity contribution >= 4 is 42.3 Å². The maximum atomic E-state index is 3.30. The second kappa shape index (κ2) is 3.31. The summed E-state index contributed by atoms with van der Waals surface area (Å²) < 4.78 is 2.72. The van der Waals surface area contributed by atoms with Crippen LogP contribution in [0.15, 0.2) is 54.6 Å². The van der Waals surface area contributed by atoms with Crippen LogP contribution >= 0.6 is 11.3 Å². The lowest BCUT2D eigenvalue weighted by Gasteiger charge is -1.99. The molecule has 0 aliphatic rings. The van der Waals surface area contributed by atoms with Gasteiger partial charge in [0.1, 0.15) is 0 Å². The Balaban J connectivity index is 2.38. The second-order valence-corrected chi connectivity index (χ2v) is 5.25. The van der Waals surface area contributed by atoms with Gasteiger partial charge in [0.25, 0.3) is 0 Å². The maximum absolute atomic E-state index is 3.30. The molecule has 0 nitrogen and oxygen atoms in total. The Morgan fingerprint density at radius 1 is 0.765 bits per heavy atom. The molecule has 1 heteroatoms. The van der Waals surface area contributed by atoms with E-state index in [9.17, 15) is 0 Å². The van der Waals surface area contributed by atoms with Crippen LogP contribution in [0.2, 0.25) is 0 Å². The monoisotopic (exact) mass is 233 g/mol. The minimum atomic E-state index is 1.20. The van der Waals surface area contributed by atoms with Crippen LogP contribution in [0.1, 0.15) is 0 Å². The van der Waals surface area contributed by atoms with Crippen molar-refractivity contribution in [3.8, 4) is 0 Å². The van der Waals surface area contributed by atoms with Crippen LogP contribution in [0.25, 0.3) is 30.9 Å². The summed E-state index contributed by atoms with van der Waals surface area (Å²) >= 11 is 1.86. The molecule has 0 saturated carbocycles. The Bertz CT molecular complexity index is 834. The lowest BCUT2D eigenvalue weighted by atomic mass is 10.0.